The van der Waals surface area contributed by atoms with Gasteiger partial charge in [0.25, 0.3) is 0 Å². The molecule has 1 aliphatic rings. The number of thioether (sulfide) groups is 1. The average molecular weight is 351 g/mol. The fraction of sp³-hybridized carbons (Fsp3) is 0.235. The molecule has 3 rings (SSSR count). The molecule has 0 radical (unpaired) electrons. The lowest BCUT2D eigenvalue weighted by molar-refractivity contribution is -0.113. The van der Waals surface area contributed by atoms with E-state index < -0.39 is 11.6 Å². The number of halogens is 2. The van der Waals surface area contributed by atoms with Gasteiger partial charge in [-0.25, -0.2) is 8.78 Å². The van der Waals surface area contributed by atoms with E-state index in [-0.39, 0.29) is 17.3 Å². The second-order valence-corrected chi connectivity index (χ2v) is 6.17. The maximum Gasteiger partial charge on any atom is 0.234 e. The standard InChI is InChI=1S/C17H15F2NO3S/c18-13-4-2-11(8-14(13)19)20-17(21)10-24-12-3-5-15-16(9-12)23-7-1-6-22-15/h2-5,8-9H,1,6-7,10H2,(H,20,21). The number of carbonyl (C=O) groups is 1. The second kappa shape index (κ2) is 7.53. The normalized spacial score (nSPS) is 13.2. The van der Waals surface area contributed by atoms with Crippen LogP contribution in [0.4, 0.5) is 14.5 Å². The molecule has 126 valence electrons. The summed E-state index contributed by atoms with van der Waals surface area (Å²) in [6.45, 7) is 1.22. The first kappa shape index (κ1) is 16.6. The number of amides is 1. The molecule has 0 aliphatic carbocycles. The second-order valence-electron chi connectivity index (χ2n) is 5.12. The van der Waals surface area contributed by atoms with E-state index in [1.807, 2.05) is 18.2 Å². The molecule has 0 unspecified atom stereocenters. The summed E-state index contributed by atoms with van der Waals surface area (Å²) in [7, 11) is 0. The van der Waals surface area contributed by atoms with Crippen molar-refractivity contribution in [3.8, 4) is 11.5 Å². The summed E-state index contributed by atoms with van der Waals surface area (Å²) in [6.07, 6.45) is 0.827. The smallest absolute Gasteiger partial charge is 0.234 e. The molecular weight excluding hydrogens is 336 g/mol. The van der Waals surface area contributed by atoms with Crippen LogP contribution in [0.25, 0.3) is 0 Å². The number of rotatable bonds is 4. The molecule has 4 nitrogen and oxygen atoms in total. The molecule has 0 aromatic heterocycles. The molecule has 1 aliphatic heterocycles. The molecule has 0 saturated heterocycles. The van der Waals surface area contributed by atoms with Crippen LogP contribution in [0.2, 0.25) is 0 Å². The first-order valence-electron chi connectivity index (χ1n) is 7.39. The number of nitrogens with one attached hydrogen (secondary N) is 1. The van der Waals surface area contributed by atoms with Crippen LogP contribution in [-0.4, -0.2) is 24.9 Å². The molecule has 1 heterocycles. The highest BCUT2D eigenvalue weighted by Crippen LogP contribution is 2.33. The topological polar surface area (TPSA) is 47.6 Å². The van der Waals surface area contributed by atoms with Crippen LogP contribution in [0.1, 0.15) is 6.42 Å². The Bertz CT molecular complexity index is 755. The minimum absolute atomic E-state index is 0.138. The van der Waals surface area contributed by atoms with Crippen molar-refractivity contribution in [1.29, 1.82) is 0 Å². The third kappa shape index (κ3) is 4.17. The summed E-state index contributed by atoms with van der Waals surface area (Å²) in [5, 5.41) is 2.53. The highest BCUT2D eigenvalue weighted by Gasteiger charge is 2.12. The summed E-state index contributed by atoms with van der Waals surface area (Å²) in [4.78, 5) is 12.8. The van der Waals surface area contributed by atoms with Crippen molar-refractivity contribution in [2.45, 2.75) is 11.3 Å². The number of benzene rings is 2. The van der Waals surface area contributed by atoms with Gasteiger partial charge in [0.2, 0.25) is 5.91 Å². The Labute approximate surface area is 142 Å². The maximum atomic E-state index is 13.1. The minimum atomic E-state index is -0.997. The van der Waals surface area contributed by atoms with Gasteiger partial charge in [-0.2, -0.15) is 0 Å². The highest BCUT2D eigenvalue weighted by molar-refractivity contribution is 8.00. The zero-order valence-electron chi connectivity index (χ0n) is 12.7. The summed E-state index contributed by atoms with van der Waals surface area (Å²) in [5.74, 6) is -0.754. The van der Waals surface area contributed by atoms with Crippen molar-refractivity contribution in [3.63, 3.8) is 0 Å². The van der Waals surface area contributed by atoms with E-state index in [1.54, 1.807) is 0 Å². The van der Waals surface area contributed by atoms with Crippen molar-refractivity contribution in [1.82, 2.24) is 0 Å². The van der Waals surface area contributed by atoms with E-state index in [0.29, 0.717) is 24.7 Å². The van der Waals surface area contributed by atoms with E-state index in [9.17, 15) is 13.6 Å². The lowest BCUT2D eigenvalue weighted by Gasteiger charge is -2.09. The number of hydrogen-bond donors (Lipinski definition) is 1. The van der Waals surface area contributed by atoms with E-state index in [1.165, 1.54) is 17.8 Å². The van der Waals surface area contributed by atoms with Gasteiger partial charge in [-0.05, 0) is 30.3 Å². The van der Waals surface area contributed by atoms with Gasteiger partial charge in [0.1, 0.15) is 0 Å². The molecule has 7 heteroatoms. The lowest BCUT2D eigenvalue weighted by Crippen LogP contribution is -2.14. The Morgan fingerprint density at radius 3 is 2.62 bits per heavy atom. The first-order chi connectivity index (χ1) is 11.6. The van der Waals surface area contributed by atoms with Crippen LogP contribution in [0, 0.1) is 11.6 Å². The van der Waals surface area contributed by atoms with Crippen molar-refractivity contribution >= 4 is 23.4 Å². The molecule has 0 bridgehead atoms. The zero-order chi connectivity index (χ0) is 16.9. The number of ether oxygens (including phenoxy) is 2. The predicted molar refractivity (Wildman–Crippen MR) is 87.8 cm³/mol. The fourth-order valence-corrected chi connectivity index (χ4v) is 2.88. The first-order valence-corrected chi connectivity index (χ1v) is 8.38. The average Bonchev–Trinajstić information content (AvgIpc) is 2.81. The van der Waals surface area contributed by atoms with Gasteiger partial charge in [0.15, 0.2) is 23.1 Å². The van der Waals surface area contributed by atoms with E-state index >= 15 is 0 Å². The largest absolute Gasteiger partial charge is 0.490 e. The van der Waals surface area contributed by atoms with Crippen molar-refractivity contribution in [2.24, 2.45) is 0 Å². The summed E-state index contributed by atoms with van der Waals surface area (Å²) in [5.41, 5.74) is 0.221. The van der Waals surface area contributed by atoms with Crippen LogP contribution in [0.15, 0.2) is 41.3 Å². The van der Waals surface area contributed by atoms with Crippen molar-refractivity contribution in [3.05, 3.63) is 48.0 Å². The van der Waals surface area contributed by atoms with E-state index in [0.717, 1.165) is 23.4 Å². The summed E-state index contributed by atoms with van der Waals surface area (Å²) < 4.78 is 37.1. The van der Waals surface area contributed by atoms with Crippen LogP contribution < -0.4 is 14.8 Å². The Kier molecular flexibility index (Phi) is 5.20. The predicted octanol–water partition coefficient (Wildman–Crippen LogP) is 3.86. The monoisotopic (exact) mass is 351 g/mol. The molecule has 1 N–H and O–H groups in total. The molecule has 24 heavy (non-hydrogen) atoms. The Morgan fingerprint density at radius 1 is 1.04 bits per heavy atom. The zero-order valence-corrected chi connectivity index (χ0v) is 13.5. The van der Waals surface area contributed by atoms with Gasteiger partial charge in [-0.15, -0.1) is 11.8 Å². The molecule has 0 saturated carbocycles. The number of anilines is 1. The third-order valence-corrected chi connectivity index (χ3v) is 4.29. The van der Waals surface area contributed by atoms with Crippen LogP contribution in [0.3, 0.4) is 0 Å². The Morgan fingerprint density at radius 2 is 1.83 bits per heavy atom. The molecular formula is C17H15F2NO3S. The SMILES string of the molecule is O=C(CSc1ccc2c(c1)OCCCO2)Nc1ccc(F)c(F)c1. The molecule has 0 fully saturated rings. The van der Waals surface area contributed by atoms with Crippen molar-refractivity contribution in [2.75, 3.05) is 24.3 Å². The van der Waals surface area contributed by atoms with Crippen LogP contribution >= 0.6 is 11.8 Å². The van der Waals surface area contributed by atoms with E-state index in [2.05, 4.69) is 5.32 Å². The van der Waals surface area contributed by atoms with Gasteiger partial charge >= 0.3 is 0 Å². The van der Waals surface area contributed by atoms with Gasteiger partial charge in [-0.1, -0.05) is 0 Å². The van der Waals surface area contributed by atoms with Crippen molar-refractivity contribution < 1.29 is 23.0 Å². The van der Waals surface area contributed by atoms with Crippen LogP contribution in [-0.2, 0) is 4.79 Å². The highest BCUT2D eigenvalue weighted by atomic mass is 32.2. The number of carbonyl (C=O) groups excluding carboxylic acids is 1. The maximum absolute atomic E-state index is 13.1. The van der Waals surface area contributed by atoms with Gasteiger partial charge < -0.3 is 14.8 Å². The number of fused-ring (bicyclic) bond motifs is 1. The quantitative estimate of drug-likeness (QED) is 0.850. The molecule has 0 spiro atoms. The lowest BCUT2D eigenvalue weighted by atomic mass is 10.3. The fourth-order valence-electron chi connectivity index (χ4n) is 2.15. The number of hydrogen-bond acceptors (Lipinski definition) is 4. The Balaban J connectivity index is 1.58. The minimum Gasteiger partial charge on any atom is -0.490 e. The van der Waals surface area contributed by atoms with Gasteiger partial charge in [-0.3, -0.25) is 4.79 Å². The Hall–Kier alpha value is -2.28. The third-order valence-electron chi connectivity index (χ3n) is 3.29. The summed E-state index contributed by atoms with van der Waals surface area (Å²) in [6, 6.07) is 8.73. The van der Waals surface area contributed by atoms with Crippen LogP contribution in [0.5, 0.6) is 11.5 Å². The molecule has 0 atom stereocenters. The van der Waals surface area contributed by atoms with E-state index in [4.69, 9.17) is 9.47 Å². The molecule has 1 amide bonds. The molecule has 2 aromatic carbocycles. The molecule has 2 aromatic rings. The van der Waals surface area contributed by atoms with Gasteiger partial charge in [0, 0.05) is 23.1 Å². The van der Waals surface area contributed by atoms with Gasteiger partial charge in [0.05, 0.1) is 19.0 Å². The summed E-state index contributed by atoms with van der Waals surface area (Å²) >= 11 is 1.32.